The van der Waals surface area contributed by atoms with Gasteiger partial charge in [-0.15, -0.1) is 0 Å². The molecule has 2 aromatic heterocycles. The Bertz CT molecular complexity index is 632. The lowest BCUT2D eigenvalue weighted by Crippen LogP contribution is -2.06. The lowest BCUT2D eigenvalue weighted by atomic mass is 10.1. The van der Waals surface area contributed by atoms with E-state index in [1.165, 1.54) is 10.5 Å². The summed E-state index contributed by atoms with van der Waals surface area (Å²) in [5, 5.41) is 9.06. The molecule has 94 valence electrons. The van der Waals surface area contributed by atoms with Crippen LogP contribution in [-0.4, -0.2) is 9.38 Å². The van der Waals surface area contributed by atoms with E-state index in [2.05, 4.69) is 4.98 Å². The molecule has 0 aliphatic carbocycles. The second kappa shape index (κ2) is 4.02. The van der Waals surface area contributed by atoms with Crippen molar-refractivity contribution in [1.82, 2.24) is 9.38 Å². The van der Waals surface area contributed by atoms with Crippen molar-refractivity contribution in [2.24, 2.45) is 0 Å². The van der Waals surface area contributed by atoms with Gasteiger partial charge in [0.15, 0.2) is 0 Å². The summed E-state index contributed by atoms with van der Waals surface area (Å²) in [5.74, 6) is -0.0195. The molecule has 2 aromatic rings. The van der Waals surface area contributed by atoms with E-state index in [1.807, 2.05) is 19.9 Å². The summed E-state index contributed by atoms with van der Waals surface area (Å²) in [7, 11) is 0. The molecular weight excluding hydrogens is 243 g/mol. The van der Waals surface area contributed by atoms with Crippen molar-refractivity contribution in [3.63, 3.8) is 0 Å². The molecule has 6 heteroatoms. The fraction of sp³-hybridized carbons (Fsp3) is 0.333. The lowest BCUT2D eigenvalue weighted by molar-refractivity contribution is -0.137. The first kappa shape index (κ1) is 12.4. The lowest BCUT2D eigenvalue weighted by Gasteiger charge is -2.06. The van der Waals surface area contributed by atoms with Gasteiger partial charge in [0.1, 0.15) is 17.4 Å². The van der Waals surface area contributed by atoms with Gasteiger partial charge in [-0.3, -0.25) is 4.40 Å². The highest BCUT2D eigenvalue weighted by molar-refractivity contribution is 5.49. The van der Waals surface area contributed by atoms with E-state index in [9.17, 15) is 13.2 Å². The van der Waals surface area contributed by atoms with Gasteiger partial charge < -0.3 is 0 Å². The molecule has 2 rings (SSSR count). The maximum atomic E-state index is 12.6. The molecule has 0 atom stereocenters. The Labute approximate surface area is 101 Å². The SMILES string of the molecule is CC(C)c1nc2ccc(C(F)(F)F)cn2c1C#N. The maximum Gasteiger partial charge on any atom is 0.417 e. The summed E-state index contributed by atoms with van der Waals surface area (Å²) >= 11 is 0. The molecule has 0 spiro atoms. The molecule has 2 heterocycles. The van der Waals surface area contributed by atoms with Gasteiger partial charge >= 0.3 is 6.18 Å². The number of nitrogens with zero attached hydrogens (tertiary/aromatic N) is 3. The van der Waals surface area contributed by atoms with Crippen LogP contribution in [-0.2, 0) is 6.18 Å². The fourth-order valence-electron chi connectivity index (χ4n) is 1.74. The number of imidazole rings is 1. The summed E-state index contributed by atoms with van der Waals surface area (Å²) in [5.41, 5.74) is 0.227. The van der Waals surface area contributed by atoms with Gasteiger partial charge in [0.05, 0.1) is 11.3 Å². The van der Waals surface area contributed by atoms with Crippen molar-refractivity contribution in [3.8, 4) is 6.07 Å². The van der Waals surface area contributed by atoms with Crippen LogP contribution in [0.25, 0.3) is 5.65 Å². The van der Waals surface area contributed by atoms with Crippen molar-refractivity contribution in [2.45, 2.75) is 25.9 Å². The van der Waals surface area contributed by atoms with E-state index in [0.29, 0.717) is 11.3 Å². The molecule has 0 fully saturated rings. The van der Waals surface area contributed by atoms with Crippen molar-refractivity contribution in [2.75, 3.05) is 0 Å². The predicted octanol–water partition coefficient (Wildman–Crippen LogP) is 3.35. The number of alkyl halides is 3. The average Bonchev–Trinajstić information content (AvgIpc) is 2.65. The number of pyridine rings is 1. The molecule has 0 radical (unpaired) electrons. The van der Waals surface area contributed by atoms with Crippen molar-refractivity contribution < 1.29 is 13.2 Å². The van der Waals surface area contributed by atoms with E-state index in [1.54, 1.807) is 0 Å². The molecule has 0 saturated carbocycles. The van der Waals surface area contributed by atoms with Gasteiger partial charge in [0, 0.05) is 6.20 Å². The number of nitriles is 1. The van der Waals surface area contributed by atoms with Crippen molar-refractivity contribution in [1.29, 1.82) is 5.26 Å². The number of hydrogen-bond donors (Lipinski definition) is 0. The van der Waals surface area contributed by atoms with Gasteiger partial charge in [-0.05, 0) is 18.1 Å². The first-order valence-corrected chi connectivity index (χ1v) is 5.34. The Morgan fingerprint density at radius 2 is 2.00 bits per heavy atom. The second-order valence-electron chi connectivity index (χ2n) is 4.26. The number of rotatable bonds is 1. The van der Waals surface area contributed by atoms with Crippen LogP contribution in [0, 0.1) is 11.3 Å². The Kier molecular flexibility index (Phi) is 2.77. The van der Waals surface area contributed by atoms with E-state index < -0.39 is 11.7 Å². The van der Waals surface area contributed by atoms with Crippen LogP contribution >= 0.6 is 0 Å². The summed E-state index contributed by atoms with van der Waals surface area (Å²) < 4.78 is 39.0. The summed E-state index contributed by atoms with van der Waals surface area (Å²) in [6, 6.07) is 4.15. The first-order valence-electron chi connectivity index (χ1n) is 5.34. The Morgan fingerprint density at radius 3 is 2.50 bits per heavy atom. The topological polar surface area (TPSA) is 41.1 Å². The van der Waals surface area contributed by atoms with Crippen LogP contribution < -0.4 is 0 Å². The molecule has 18 heavy (non-hydrogen) atoms. The molecule has 0 bridgehead atoms. The highest BCUT2D eigenvalue weighted by Crippen LogP contribution is 2.30. The third-order valence-electron chi connectivity index (χ3n) is 2.63. The van der Waals surface area contributed by atoms with Gasteiger partial charge in [0.2, 0.25) is 0 Å². The van der Waals surface area contributed by atoms with Crippen LogP contribution in [0.4, 0.5) is 13.2 Å². The Hall–Kier alpha value is -2.03. The Morgan fingerprint density at radius 1 is 1.33 bits per heavy atom. The quantitative estimate of drug-likeness (QED) is 0.782. The average molecular weight is 253 g/mol. The van der Waals surface area contributed by atoms with Crippen LogP contribution in [0.3, 0.4) is 0 Å². The third-order valence-corrected chi connectivity index (χ3v) is 2.63. The molecule has 0 aromatic carbocycles. The molecule has 3 nitrogen and oxygen atoms in total. The third kappa shape index (κ3) is 1.92. The van der Waals surface area contributed by atoms with Gasteiger partial charge in [-0.25, -0.2) is 4.98 Å². The molecule has 0 unspecified atom stereocenters. The molecule has 0 aliphatic rings. The Balaban J connectivity index is 2.74. The number of halogens is 3. The minimum atomic E-state index is -4.43. The fourth-order valence-corrected chi connectivity index (χ4v) is 1.74. The van der Waals surface area contributed by atoms with E-state index in [-0.39, 0.29) is 11.6 Å². The number of fused-ring (bicyclic) bond motifs is 1. The molecule has 0 amide bonds. The van der Waals surface area contributed by atoms with Crippen molar-refractivity contribution in [3.05, 3.63) is 35.3 Å². The molecule has 0 aliphatic heterocycles. The molecule has 0 saturated heterocycles. The zero-order valence-corrected chi connectivity index (χ0v) is 9.78. The number of hydrogen-bond acceptors (Lipinski definition) is 2. The minimum absolute atomic E-state index is 0.0195. The van der Waals surface area contributed by atoms with Crippen LogP contribution in [0.15, 0.2) is 18.3 Å². The summed E-state index contributed by atoms with van der Waals surface area (Å²) in [6.45, 7) is 3.68. The van der Waals surface area contributed by atoms with Gasteiger partial charge in [-0.1, -0.05) is 13.8 Å². The van der Waals surface area contributed by atoms with Crippen LogP contribution in [0.5, 0.6) is 0 Å². The maximum absolute atomic E-state index is 12.6. The highest BCUT2D eigenvalue weighted by atomic mass is 19.4. The number of aromatic nitrogens is 2. The zero-order valence-electron chi connectivity index (χ0n) is 9.78. The standard InChI is InChI=1S/C12H10F3N3/c1-7(2)11-9(5-16)18-6-8(12(13,14)15)3-4-10(18)17-11/h3-4,6-7H,1-2H3. The van der Waals surface area contributed by atoms with Gasteiger partial charge in [0.25, 0.3) is 0 Å². The van der Waals surface area contributed by atoms with Gasteiger partial charge in [-0.2, -0.15) is 18.4 Å². The highest BCUT2D eigenvalue weighted by Gasteiger charge is 2.31. The first-order chi connectivity index (χ1) is 8.34. The van der Waals surface area contributed by atoms with Crippen LogP contribution in [0.1, 0.15) is 36.7 Å². The zero-order chi connectivity index (χ0) is 13.5. The minimum Gasteiger partial charge on any atom is -0.290 e. The normalized spacial score (nSPS) is 12.1. The summed E-state index contributed by atoms with van der Waals surface area (Å²) in [6.07, 6.45) is -3.52. The van der Waals surface area contributed by atoms with E-state index >= 15 is 0 Å². The van der Waals surface area contributed by atoms with Crippen LogP contribution in [0.2, 0.25) is 0 Å². The summed E-state index contributed by atoms with van der Waals surface area (Å²) in [4.78, 5) is 4.18. The monoisotopic (exact) mass is 253 g/mol. The van der Waals surface area contributed by atoms with Crippen molar-refractivity contribution >= 4 is 5.65 Å². The predicted molar refractivity (Wildman–Crippen MR) is 59.0 cm³/mol. The largest absolute Gasteiger partial charge is 0.417 e. The second-order valence-corrected chi connectivity index (χ2v) is 4.26. The van der Waals surface area contributed by atoms with E-state index in [0.717, 1.165) is 12.3 Å². The smallest absolute Gasteiger partial charge is 0.290 e. The molecule has 0 N–H and O–H groups in total. The van der Waals surface area contributed by atoms with E-state index in [4.69, 9.17) is 5.26 Å². The molecular formula is C12H10F3N3.